The molecule has 24 heavy (non-hydrogen) atoms. The zero-order valence-corrected chi connectivity index (χ0v) is 13.8. The third kappa shape index (κ3) is 4.36. The Hall–Kier alpha value is -2.80. The molecule has 1 amide bonds. The molecule has 0 radical (unpaired) electrons. The Morgan fingerprint density at radius 1 is 1.29 bits per heavy atom. The van der Waals surface area contributed by atoms with Crippen molar-refractivity contribution in [1.29, 1.82) is 0 Å². The first kappa shape index (κ1) is 17.6. The van der Waals surface area contributed by atoms with E-state index in [0.29, 0.717) is 22.1 Å². The van der Waals surface area contributed by atoms with Crippen LogP contribution < -0.4 is 15.4 Å². The molecule has 0 bridgehead atoms. The molecule has 0 heterocycles. The predicted molar refractivity (Wildman–Crippen MR) is 92.8 cm³/mol. The number of carbonyl (C=O) groups excluding carboxylic acids is 1. The summed E-state index contributed by atoms with van der Waals surface area (Å²) in [6.07, 6.45) is 0. The molecule has 126 valence electrons. The number of benzene rings is 2. The van der Waals surface area contributed by atoms with E-state index >= 15 is 0 Å². The van der Waals surface area contributed by atoms with Gasteiger partial charge in [-0.25, -0.2) is 0 Å². The van der Waals surface area contributed by atoms with Crippen LogP contribution in [0.1, 0.15) is 6.92 Å². The number of halogens is 1. The van der Waals surface area contributed by atoms with Gasteiger partial charge in [0.1, 0.15) is 11.8 Å². The van der Waals surface area contributed by atoms with Gasteiger partial charge in [0.2, 0.25) is 5.91 Å². The van der Waals surface area contributed by atoms with Crippen molar-refractivity contribution in [3.05, 3.63) is 57.6 Å². The zero-order chi connectivity index (χ0) is 17.7. The van der Waals surface area contributed by atoms with E-state index in [4.69, 9.17) is 16.3 Å². The van der Waals surface area contributed by atoms with Crippen LogP contribution in [0.5, 0.6) is 5.75 Å². The Morgan fingerprint density at radius 2 is 2.04 bits per heavy atom. The summed E-state index contributed by atoms with van der Waals surface area (Å²) in [5, 5.41) is 16.9. The lowest BCUT2D eigenvalue weighted by Gasteiger charge is -2.16. The van der Waals surface area contributed by atoms with Gasteiger partial charge in [-0.05, 0) is 31.2 Å². The van der Waals surface area contributed by atoms with Gasteiger partial charge in [-0.3, -0.25) is 14.9 Å². The zero-order valence-electron chi connectivity index (χ0n) is 13.1. The smallest absolute Gasteiger partial charge is 0.271 e. The number of rotatable bonds is 6. The van der Waals surface area contributed by atoms with Crippen molar-refractivity contribution in [3.8, 4) is 5.75 Å². The second kappa shape index (κ2) is 7.65. The van der Waals surface area contributed by atoms with Crippen LogP contribution in [0.25, 0.3) is 0 Å². The number of non-ortho nitro benzene ring substituents is 1. The normalized spacial score (nSPS) is 11.5. The molecule has 0 saturated carbocycles. The molecule has 0 aromatic heterocycles. The third-order valence-corrected chi connectivity index (χ3v) is 3.49. The number of anilines is 2. The largest absolute Gasteiger partial charge is 0.495 e. The number of nitro benzene ring substituents is 1. The molecule has 1 atom stereocenters. The third-order valence-electron chi connectivity index (χ3n) is 3.25. The first-order valence-corrected chi connectivity index (χ1v) is 7.44. The van der Waals surface area contributed by atoms with Crippen molar-refractivity contribution < 1.29 is 14.5 Å². The van der Waals surface area contributed by atoms with Crippen LogP contribution in [0.4, 0.5) is 17.1 Å². The number of nitro groups is 1. The summed E-state index contributed by atoms with van der Waals surface area (Å²) in [5.41, 5.74) is 0.872. The maximum absolute atomic E-state index is 12.3. The summed E-state index contributed by atoms with van der Waals surface area (Å²) in [4.78, 5) is 22.6. The van der Waals surface area contributed by atoms with Gasteiger partial charge < -0.3 is 15.4 Å². The van der Waals surface area contributed by atoms with Crippen LogP contribution in [0.2, 0.25) is 5.02 Å². The molecule has 0 unspecified atom stereocenters. The minimum atomic E-state index is -0.629. The molecule has 0 aliphatic rings. The molecule has 2 aromatic rings. The Kier molecular flexibility index (Phi) is 5.59. The summed E-state index contributed by atoms with van der Waals surface area (Å²) in [6, 6.07) is 10.2. The number of amides is 1. The molecule has 0 saturated heterocycles. The molecule has 0 aliphatic carbocycles. The number of ether oxygens (including phenoxy) is 1. The first-order chi connectivity index (χ1) is 11.4. The molecule has 0 aliphatic heterocycles. The quantitative estimate of drug-likeness (QED) is 0.612. The van der Waals surface area contributed by atoms with Crippen LogP contribution in [0.3, 0.4) is 0 Å². The fraction of sp³-hybridized carbons (Fsp3) is 0.188. The second-order valence-corrected chi connectivity index (χ2v) is 5.44. The molecule has 2 aromatic carbocycles. The number of carbonyl (C=O) groups is 1. The molecular formula is C16H16ClN3O4. The van der Waals surface area contributed by atoms with Crippen molar-refractivity contribution in [2.24, 2.45) is 0 Å². The van der Waals surface area contributed by atoms with Gasteiger partial charge in [0, 0.05) is 22.8 Å². The highest BCUT2D eigenvalue weighted by molar-refractivity contribution is 6.31. The van der Waals surface area contributed by atoms with Gasteiger partial charge in [0.15, 0.2) is 0 Å². The van der Waals surface area contributed by atoms with Gasteiger partial charge in [0.25, 0.3) is 5.69 Å². The number of nitrogens with one attached hydrogen (secondary N) is 2. The van der Waals surface area contributed by atoms with Crippen molar-refractivity contribution in [2.45, 2.75) is 13.0 Å². The molecule has 0 fully saturated rings. The minimum Gasteiger partial charge on any atom is -0.495 e. The molecule has 2 rings (SSSR count). The van der Waals surface area contributed by atoms with E-state index in [0.717, 1.165) is 0 Å². The van der Waals surface area contributed by atoms with E-state index in [-0.39, 0.29) is 11.6 Å². The number of hydrogen-bond donors (Lipinski definition) is 2. The minimum absolute atomic E-state index is 0.0517. The van der Waals surface area contributed by atoms with Crippen molar-refractivity contribution >= 4 is 34.6 Å². The number of methoxy groups -OCH3 is 1. The van der Waals surface area contributed by atoms with Gasteiger partial charge >= 0.3 is 0 Å². The lowest BCUT2D eigenvalue weighted by atomic mass is 10.2. The number of hydrogen-bond acceptors (Lipinski definition) is 5. The van der Waals surface area contributed by atoms with E-state index in [1.165, 1.54) is 19.2 Å². The Balaban J connectivity index is 2.09. The molecular weight excluding hydrogens is 334 g/mol. The van der Waals surface area contributed by atoms with Gasteiger partial charge in [-0.15, -0.1) is 0 Å². The summed E-state index contributed by atoms with van der Waals surface area (Å²) in [7, 11) is 1.49. The van der Waals surface area contributed by atoms with Gasteiger partial charge in [-0.2, -0.15) is 0 Å². The van der Waals surface area contributed by atoms with Crippen LogP contribution in [-0.2, 0) is 4.79 Å². The summed E-state index contributed by atoms with van der Waals surface area (Å²) >= 11 is 5.93. The average Bonchev–Trinajstić information content (AvgIpc) is 2.55. The monoisotopic (exact) mass is 349 g/mol. The Bertz CT molecular complexity index is 767. The van der Waals surface area contributed by atoms with E-state index in [1.54, 1.807) is 37.3 Å². The van der Waals surface area contributed by atoms with E-state index in [9.17, 15) is 14.9 Å². The topological polar surface area (TPSA) is 93.5 Å². The van der Waals surface area contributed by atoms with Gasteiger partial charge in [0.05, 0.1) is 17.7 Å². The van der Waals surface area contributed by atoms with Crippen molar-refractivity contribution in [1.82, 2.24) is 0 Å². The highest BCUT2D eigenvalue weighted by Gasteiger charge is 2.16. The lowest BCUT2D eigenvalue weighted by Crippen LogP contribution is -2.32. The Labute approximate surface area is 143 Å². The standard InChI is InChI=1S/C16H16ClN3O4/c1-10(18-12-4-3-5-13(9-12)20(22)23)16(21)19-14-8-11(17)6-7-15(14)24-2/h3-10,18H,1-2H3,(H,19,21)/t10-/m1/s1. The van der Waals surface area contributed by atoms with Gasteiger partial charge in [-0.1, -0.05) is 17.7 Å². The fourth-order valence-electron chi connectivity index (χ4n) is 2.04. The molecule has 2 N–H and O–H groups in total. The van der Waals surface area contributed by atoms with Crippen LogP contribution in [-0.4, -0.2) is 24.0 Å². The number of nitrogens with zero attached hydrogens (tertiary/aromatic N) is 1. The summed E-state index contributed by atoms with van der Waals surface area (Å²) in [6.45, 7) is 1.64. The van der Waals surface area contributed by atoms with Crippen molar-refractivity contribution in [2.75, 3.05) is 17.7 Å². The van der Waals surface area contributed by atoms with Crippen molar-refractivity contribution in [3.63, 3.8) is 0 Å². The fourth-order valence-corrected chi connectivity index (χ4v) is 2.22. The van der Waals surface area contributed by atoms with Crippen LogP contribution >= 0.6 is 11.6 Å². The predicted octanol–water partition coefficient (Wildman–Crippen LogP) is 3.70. The van der Waals surface area contributed by atoms with Crippen LogP contribution in [0, 0.1) is 10.1 Å². The average molecular weight is 350 g/mol. The first-order valence-electron chi connectivity index (χ1n) is 7.06. The Morgan fingerprint density at radius 3 is 2.71 bits per heavy atom. The van der Waals surface area contributed by atoms with E-state index in [2.05, 4.69) is 10.6 Å². The highest BCUT2D eigenvalue weighted by Crippen LogP contribution is 2.28. The van der Waals surface area contributed by atoms with E-state index in [1.807, 2.05) is 0 Å². The SMILES string of the molecule is COc1ccc(Cl)cc1NC(=O)[C@@H](C)Nc1cccc([N+](=O)[O-])c1. The maximum Gasteiger partial charge on any atom is 0.271 e. The molecule has 7 nitrogen and oxygen atoms in total. The highest BCUT2D eigenvalue weighted by atomic mass is 35.5. The van der Waals surface area contributed by atoms with E-state index < -0.39 is 11.0 Å². The summed E-state index contributed by atoms with van der Waals surface area (Å²) < 4.78 is 5.17. The maximum atomic E-state index is 12.3. The molecule has 8 heteroatoms. The van der Waals surface area contributed by atoms with Crippen LogP contribution in [0.15, 0.2) is 42.5 Å². The lowest BCUT2D eigenvalue weighted by molar-refractivity contribution is -0.384. The summed E-state index contributed by atoms with van der Waals surface area (Å²) in [5.74, 6) is 0.150. The molecule has 0 spiro atoms. The second-order valence-electron chi connectivity index (χ2n) is 5.01.